The Labute approximate surface area is 201 Å². The molecule has 0 saturated carbocycles. The van der Waals surface area contributed by atoms with Gasteiger partial charge in [-0.05, 0) is 35.7 Å². The Hall–Kier alpha value is -3.06. The molecule has 1 unspecified atom stereocenters. The van der Waals surface area contributed by atoms with Crippen LogP contribution in [0.1, 0.15) is 28.3 Å². The zero-order chi connectivity index (χ0) is 23.8. The quantitative estimate of drug-likeness (QED) is 0.532. The molecule has 2 heterocycles. The second-order valence-corrected chi connectivity index (χ2v) is 8.85. The standard InChI is InChI=1S/C28H33N3O3/c1-22-18-23(12-13-29-22)20-34-21-26(32)19-30-14-16-31(17-15-30)28(33)27(24-8-4-2-5-9-24)25-10-6-3-7-11-25/h2-13,18,26-27,32H,14-17,19-21H2,1H3. The third-order valence-corrected chi connectivity index (χ3v) is 6.21. The molecule has 1 aromatic heterocycles. The Balaban J connectivity index is 1.28. The smallest absolute Gasteiger partial charge is 0.234 e. The normalized spacial score (nSPS) is 15.4. The number of piperazine rings is 1. The van der Waals surface area contributed by atoms with E-state index < -0.39 is 6.10 Å². The van der Waals surface area contributed by atoms with Crippen LogP contribution in [0, 0.1) is 6.92 Å². The molecule has 1 aliphatic heterocycles. The maximum Gasteiger partial charge on any atom is 0.234 e. The van der Waals surface area contributed by atoms with Crippen molar-refractivity contribution in [2.45, 2.75) is 25.6 Å². The molecule has 0 aliphatic carbocycles. The number of carbonyl (C=O) groups excluding carboxylic acids is 1. The zero-order valence-corrected chi connectivity index (χ0v) is 19.7. The number of nitrogens with zero attached hydrogens (tertiary/aromatic N) is 3. The van der Waals surface area contributed by atoms with E-state index in [1.807, 2.05) is 84.6 Å². The molecule has 0 radical (unpaired) electrons. The highest BCUT2D eigenvalue weighted by molar-refractivity contribution is 5.87. The van der Waals surface area contributed by atoms with Gasteiger partial charge in [-0.25, -0.2) is 0 Å². The number of hydrogen-bond acceptors (Lipinski definition) is 5. The molecule has 0 bridgehead atoms. The number of aryl methyl sites for hydroxylation is 1. The molecule has 4 rings (SSSR count). The maximum absolute atomic E-state index is 13.6. The van der Waals surface area contributed by atoms with Crippen molar-refractivity contribution in [3.05, 3.63) is 101 Å². The molecule has 1 aliphatic rings. The first kappa shape index (κ1) is 24.1. The fourth-order valence-electron chi connectivity index (χ4n) is 4.46. The van der Waals surface area contributed by atoms with E-state index in [-0.39, 0.29) is 18.4 Å². The van der Waals surface area contributed by atoms with Gasteiger partial charge in [-0.1, -0.05) is 60.7 Å². The maximum atomic E-state index is 13.6. The molecule has 2 aromatic carbocycles. The van der Waals surface area contributed by atoms with Crippen LogP contribution in [-0.4, -0.2) is 71.2 Å². The Morgan fingerprint density at radius 3 is 2.18 bits per heavy atom. The predicted octanol–water partition coefficient (Wildman–Crippen LogP) is 3.24. The van der Waals surface area contributed by atoms with Crippen LogP contribution >= 0.6 is 0 Å². The molecule has 1 saturated heterocycles. The number of hydrogen-bond donors (Lipinski definition) is 1. The summed E-state index contributed by atoms with van der Waals surface area (Å²) < 4.78 is 5.70. The van der Waals surface area contributed by atoms with Crippen LogP contribution in [0.25, 0.3) is 0 Å². The SMILES string of the molecule is Cc1cc(COCC(O)CN2CCN(C(=O)C(c3ccccc3)c3ccccc3)CC2)ccn1. The van der Waals surface area contributed by atoms with Crippen molar-refractivity contribution >= 4 is 5.91 Å². The Morgan fingerprint density at radius 1 is 0.971 bits per heavy atom. The lowest BCUT2D eigenvalue weighted by Gasteiger charge is -2.37. The van der Waals surface area contributed by atoms with Gasteiger partial charge in [-0.3, -0.25) is 14.7 Å². The van der Waals surface area contributed by atoms with Gasteiger partial charge in [0.2, 0.25) is 5.91 Å². The summed E-state index contributed by atoms with van der Waals surface area (Å²) in [5.74, 6) is -0.168. The summed E-state index contributed by atoms with van der Waals surface area (Å²) >= 11 is 0. The summed E-state index contributed by atoms with van der Waals surface area (Å²) in [7, 11) is 0. The van der Waals surface area contributed by atoms with E-state index in [1.165, 1.54) is 0 Å². The first-order chi connectivity index (χ1) is 16.6. The number of carbonyl (C=O) groups is 1. The zero-order valence-electron chi connectivity index (χ0n) is 19.7. The van der Waals surface area contributed by atoms with Crippen LogP contribution < -0.4 is 0 Å². The average molecular weight is 460 g/mol. The van der Waals surface area contributed by atoms with Crippen molar-refractivity contribution in [3.8, 4) is 0 Å². The summed E-state index contributed by atoms with van der Waals surface area (Å²) in [6, 6.07) is 23.9. The number of pyridine rings is 1. The minimum atomic E-state index is -0.563. The second kappa shape index (κ2) is 11.9. The lowest BCUT2D eigenvalue weighted by molar-refractivity contribution is -0.133. The highest BCUT2D eigenvalue weighted by Gasteiger charge is 2.30. The van der Waals surface area contributed by atoms with E-state index in [0.717, 1.165) is 35.5 Å². The Morgan fingerprint density at radius 2 is 1.59 bits per heavy atom. The van der Waals surface area contributed by atoms with Gasteiger partial charge in [-0.15, -0.1) is 0 Å². The number of ether oxygens (including phenoxy) is 1. The van der Waals surface area contributed by atoms with Crippen LogP contribution in [0.4, 0.5) is 0 Å². The Kier molecular flexibility index (Phi) is 8.41. The molecule has 6 nitrogen and oxygen atoms in total. The van der Waals surface area contributed by atoms with E-state index in [0.29, 0.717) is 26.2 Å². The highest BCUT2D eigenvalue weighted by Crippen LogP contribution is 2.27. The van der Waals surface area contributed by atoms with Crippen molar-refractivity contribution in [1.82, 2.24) is 14.8 Å². The van der Waals surface area contributed by atoms with Crippen molar-refractivity contribution in [3.63, 3.8) is 0 Å². The van der Waals surface area contributed by atoms with Gasteiger partial charge in [0.05, 0.1) is 25.2 Å². The number of aliphatic hydroxyl groups excluding tert-OH is 1. The lowest BCUT2D eigenvalue weighted by atomic mass is 9.90. The van der Waals surface area contributed by atoms with Crippen LogP contribution in [0.3, 0.4) is 0 Å². The average Bonchev–Trinajstić information content (AvgIpc) is 2.86. The number of β-amino-alcohol motifs (C(OH)–C–C–N with tert-alkyl or cyclic N) is 1. The van der Waals surface area contributed by atoms with Crippen molar-refractivity contribution < 1.29 is 14.6 Å². The topological polar surface area (TPSA) is 65.9 Å². The van der Waals surface area contributed by atoms with Crippen LogP contribution in [0.5, 0.6) is 0 Å². The largest absolute Gasteiger partial charge is 0.389 e. The first-order valence-electron chi connectivity index (χ1n) is 11.9. The molecule has 3 aromatic rings. The van der Waals surface area contributed by atoms with Gasteiger partial charge in [0.1, 0.15) is 0 Å². The van der Waals surface area contributed by atoms with Crippen LogP contribution in [0.15, 0.2) is 79.0 Å². The molecule has 1 amide bonds. The highest BCUT2D eigenvalue weighted by atomic mass is 16.5. The molecule has 1 fully saturated rings. The van der Waals surface area contributed by atoms with Gasteiger partial charge in [0, 0.05) is 44.6 Å². The predicted molar refractivity (Wildman–Crippen MR) is 132 cm³/mol. The molecule has 6 heteroatoms. The number of aromatic nitrogens is 1. The van der Waals surface area contributed by atoms with Gasteiger partial charge in [0.15, 0.2) is 0 Å². The van der Waals surface area contributed by atoms with Gasteiger partial charge in [-0.2, -0.15) is 0 Å². The fraction of sp³-hybridized carbons (Fsp3) is 0.357. The number of aliphatic hydroxyl groups is 1. The van der Waals surface area contributed by atoms with E-state index >= 15 is 0 Å². The summed E-state index contributed by atoms with van der Waals surface area (Å²) in [4.78, 5) is 21.9. The van der Waals surface area contributed by atoms with Crippen LogP contribution in [0.2, 0.25) is 0 Å². The van der Waals surface area contributed by atoms with Gasteiger partial charge < -0.3 is 14.7 Å². The third-order valence-electron chi connectivity index (χ3n) is 6.21. The second-order valence-electron chi connectivity index (χ2n) is 8.85. The van der Waals surface area contributed by atoms with E-state index in [9.17, 15) is 9.90 Å². The van der Waals surface area contributed by atoms with Crippen molar-refractivity contribution in [1.29, 1.82) is 0 Å². The van der Waals surface area contributed by atoms with Crippen LogP contribution in [-0.2, 0) is 16.1 Å². The van der Waals surface area contributed by atoms with E-state index in [2.05, 4.69) is 9.88 Å². The lowest BCUT2D eigenvalue weighted by Crippen LogP contribution is -2.51. The number of amides is 1. The van der Waals surface area contributed by atoms with Crippen molar-refractivity contribution in [2.75, 3.05) is 39.3 Å². The summed E-state index contributed by atoms with van der Waals surface area (Å²) in [5, 5.41) is 10.4. The molecular weight excluding hydrogens is 426 g/mol. The van der Waals surface area contributed by atoms with Gasteiger partial charge in [0.25, 0.3) is 0 Å². The number of rotatable bonds is 9. The summed E-state index contributed by atoms with van der Waals surface area (Å²) in [6.45, 7) is 6.01. The fourth-order valence-corrected chi connectivity index (χ4v) is 4.46. The molecule has 34 heavy (non-hydrogen) atoms. The monoisotopic (exact) mass is 459 g/mol. The van der Waals surface area contributed by atoms with Crippen molar-refractivity contribution in [2.24, 2.45) is 0 Å². The Bertz CT molecular complexity index is 998. The summed E-state index contributed by atoms with van der Waals surface area (Å²) in [6.07, 6.45) is 1.21. The van der Waals surface area contributed by atoms with Gasteiger partial charge >= 0.3 is 0 Å². The molecule has 178 valence electrons. The minimum Gasteiger partial charge on any atom is -0.389 e. The molecule has 0 spiro atoms. The van der Waals surface area contributed by atoms with E-state index in [4.69, 9.17) is 4.74 Å². The molecule has 1 atom stereocenters. The third kappa shape index (κ3) is 6.50. The van der Waals surface area contributed by atoms with E-state index in [1.54, 1.807) is 6.20 Å². The first-order valence-corrected chi connectivity index (χ1v) is 11.9. The molecule has 1 N–H and O–H groups in total. The summed E-state index contributed by atoms with van der Waals surface area (Å²) in [5.41, 5.74) is 4.03. The molecular formula is C28H33N3O3. The number of benzene rings is 2. The minimum absolute atomic E-state index is 0.133.